The highest BCUT2D eigenvalue weighted by molar-refractivity contribution is 7.89. The molecule has 1 aliphatic carbocycles. The number of esters is 1. The zero-order chi connectivity index (χ0) is 17.4. The van der Waals surface area contributed by atoms with E-state index in [2.05, 4.69) is 5.32 Å². The molecule has 0 aliphatic heterocycles. The molecular formula is C13H14Cl2N2O5S. The summed E-state index contributed by atoms with van der Waals surface area (Å²) in [4.78, 5) is 23.0. The quantitative estimate of drug-likeness (QED) is 0.755. The van der Waals surface area contributed by atoms with E-state index in [1.807, 2.05) is 6.92 Å². The number of primary sulfonamides is 1. The van der Waals surface area contributed by atoms with Gasteiger partial charge in [0.25, 0.3) is 5.91 Å². The summed E-state index contributed by atoms with van der Waals surface area (Å²) in [5.74, 6) is -0.933. The molecule has 0 unspecified atom stereocenters. The van der Waals surface area contributed by atoms with Crippen molar-refractivity contribution < 1.29 is 22.7 Å². The van der Waals surface area contributed by atoms with Crippen LogP contribution in [-0.4, -0.2) is 26.9 Å². The molecule has 1 aromatic rings. The number of rotatable bonds is 5. The SMILES string of the molecule is C[C@@H]1C[C@H]1C(=O)OCC(=O)Nc1c(Cl)cc(S(N)(=O)=O)cc1Cl. The number of sulfonamides is 1. The third-order valence-corrected chi connectivity index (χ3v) is 4.86. The number of amides is 1. The van der Waals surface area contributed by atoms with Gasteiger partial charge in [-0.25, -0.2) is 13.6 Å². The summed E-state index contributed by atoms with van der Waals surface area (Å²) in [6, 6.07) is 2.13. The lowest BCUT2D eigenvalue weighted by atomic mass is 10.3. The Labute approximate surface area is 143 Å². The molecular weight excluding hydrogens is 367 g/mol. The summed E-state index contributed by atoms with van der Waals surface area (Å²) in [5.41, 5.74) is 0.0153. The number of carbonyl (C=O) groups is 2. The van der Waals surface area contributed by atoms with Crippen molar-refractivity contribution in [1.29, 1.82) is 0 Å². The van der Waals surface area contributed by atoms with Gasteiger partial charge in [-0.1, -0.05) is 30.1 Å². The number of benzene rings is 1. The highest BCUT2D eigenvalue weighted by Crippen LogP contribution is 2.38. The van der Waals surface area contributed by atoms with Gasteiger partial charge in [0.1, 0.15) is 0 Å². The topological polar surface area (TPSA) is 116 Å². The second-order valence-corrected chi connectivity index (χ2v) is 7.66. The second kappa shape index (κ2) is 6.64. The molecule has 0 saturated heterocycles. The van der Waals surface area contributed by atoms with Crippen molar-refractivity contribution in [2.75, 3.05) is 11.9 Å². The summed E-state index contributed by atoms with van der Waals surface area (Å²) < 4.78 is 27.4. The molecule has 0 radical (unpaired) electrons. The molecule has 0 spiro atoms. The first-order chi connectivity index (χ1) is 10.6. The van der Waals surface area contributed by atoms with Crippen molar-refractivity contribution in [3.63, 3.8) is 0 Å². The Hall–Kier alpha value is -1.35. The fraction of sp³-hybridized carbons (Fsp3) is 0.385. The highest BCUT2D eigenvalue weighted by Gasteiger charge is 2.40. The van der Waals surface area contributed by atoms with Crippen LogP contribution in [0.3, 0.4) is 0 Å². The van der Waals surface area contributed by atoms with Gasteiger partial charge < -0.3 is 10.1 Å². The van der Waals surface area contributed by atoms with Crippen molar-refractivity contribution in [2.45, 2.75) is 18.2 Å². The van der Waals surface area contributed by atoms with Gasteiger partial charge in [0.05, 0.1) is 26.5 Å². The van der Waals surface area contributed by atoms with E-state index in [0.29, 0.717) is 0 Å². The molecule has 23 heavy (non-hydrogen) atoms. The molecule has 0 bridgehead atoms. The molecule has 1 fully saturated rings. The van der Waals surface area contributed by atoms with Crippen molar-refractivity contribution in [3.05, 3.63) is 22.2 Å². The van der Waals surface area contributed by atoms with Gasteiger partial charge in [-0.2, -0.15) is 0 Å². The Balaban J connectivity index is 2.02. The van der Waals surface area contributed by atoms with E-state index in [1.54, 1.807) is 0 Å². The van der Waals surface area contributed by atoms with Crippen LogP contribution in [0.1, 0.15) is 13.3 Å². The van der Waals surface area contributed by atoms with E-state index in [-0.39, 0.29) is 32.5 Å². The van der Waals surface area contributed by atoms with E-state index in [9.17, 15) is 18.0 Å². The maximum absolute atomic E-state index is 11.8. The Bertz CT molecular complexity index is 743. The van der Waals surface area contributed by atoms with Gasteiger partial charge in [0.15, 0.2) is 6.61 Å². The zero-order valence-corrected chi connectivity index (χ0v) is 14.3. The molecule has 1 saturated carbocycles. The molecule has 1 amide bonds. The van der Waals surface area contributed by atoms with Crippen LogP contribution in [0.25, 0.3) is 0 Å². The molecule has 0 heterocycles. The van der Waals surface area contributed by atoms with Crippen LogP contribution in [0.4, 0.5) is 5.69 Å². The van der Waals surface area contributed by atoms with E-state index < -0.39 is 28.5 Å². The lowest BCUT2D eigenvalue weighted by molar-refractivity contribution is -0.148. The Morgan fingerprint density at radius 3 is 2.30 bits per heavy atom. The number of nitrogens with two attached hydrogens (primary N) is 1. The van der Waals surface area contributed by atoms with Crippen molar-refractivity contribution in [2.24, 2.45) is 17.0 Å². The lowest BCUT2D eigenvalue weighted by Gasteiger charge is -2.11. The lowest BCUT2D eigenvalue weighted by Crippen LogP contribution is -2.22. The summed E-state index contributed by atoms with van der Waals surface area (Å²) in [7, 11) is -3.97. The van der Waals surface area contributed by atoms with Crippen LogP contribution in [0.2, 0.25) is 10.0 Å². The fourth-order valence-corrected chi connectivity index (χ4v) is 3.18. The third-order valence-electron chi connectivity index (χ3n) is 3.37. The minimum Gasteiger partial charge on any atom is -0.455 e. The van der Waals surface area contributed by atoms with Gasteiger partial charge in [-0.3, -0.25) is 9.59 Å². The first-order valence-electron chi connectivity index (χ1n) is 6.58. The number of anilines is 1. The summed E-state index contributed by atoms with van der Waals surface area (Å²) in [6.07, 6.45) is 0.757. The summed E-state index contributed by atoms with van der Waals surface area (Å²) in [6.45, 7) is 1.43. The predicted octanol–water partition coefficient (Wildman–Crippen LogP) is 1.78. The van der Waals surface area contributed by atoms with Gasteiger partial charge >= 0.3 is 5.97 Å². The smallest absolute Gasteiger partial charge is 0.309 e. The molecule has 7 nitrogen and oxygen atoms in total. The van der Waals surface area contributed by atoms with E-state index in [1.165, 1.54) is 0 Å². The Morgan fingerprint density at radius 2 is 1.87 bits per heavy atom. The number of hydrogen-bond donors (Lipinski definition) is 2. The Morgan fingerprint density at radius 1 is 1.35 bits per heavy atom. The van der Waals surface area contributed by atoms with Gasteiger partial charge in [-0.05, 0) is 24.5 Å². The maximum Gasteiger partial charge on any atom is 0.309 e. The van der Waals surface area contributed by atoms with Gasteiger partial charge in [0, 0.05) is 0 Å². The van der Waals surface area contributed by atoms with E-state index in [0.717, 1.165) is 18.6 Å². The fourth-order valence-electron chi connectivity index (χ4n) is 1.90. The van der Waals surface area contributed by atoms with Crippen molar-refractivity contribution >= 4 is 50.8 Å². The highest BCUT2D eigenvalue weighted by atomic mass is 35.5. The minimum atomic E-state index is -3.97. The molecule has 1 aromatic carbocycles. The molecule has 2 atom stereocenters. The molecule has 126 valence electrons. The van der Waals surface area contributed by atoms with E-state index in [4.69, 9.17) is 33.1 Å². The predicted molar refractivity (Wildman–Crippen MR) is 84.7 cm³/mol. The molecule has 10 heteroatoms. The first kappa shape index (κ1) is 18.0. The van der Waals surface area contributed by atoms with Crippen LogP contribution in [0, 0.1) is 11.8 Å². The number of carbonyl (C=O) groups excluding carboxylic acids is 2. The van der Waals surface area contributed by atoms with Crippen LogP contribution >= 0.6 is 23.2 Å². The maximum atomic E-state index is 11.8. The van der Waals surface area contributed by atoms with Crippen molar-refractivity contribution in [1.82, 2.24) is 0 Å². The monoisotopic (exact) mass is 380 g/mol. The molecule has 1 aliphatic rings. The summed E-state index contributed by atoms with van der Waals surface area (Å²) >= 11 is 11.8. The number of hydrogen-bond acceptors (Lipinski definition) is 5. The summed E-state index contributed by atoms with van der Waals surface area (Å²) in [5, 5.41) is 7.15. The first-order valence-corrected chi connectivity index (χ1v) is 8.88. The van der Waals surface area contributed by atoms with Crippen LogP contribution in [0.5, 0.6) is 0 Å². The third kappa shape index (κ3) is 4.57. The largest absolute Gasteiger partial charge is 0.455 e. The molecule has 3 N–H and O–H groups in total. The number of halogens is 2. The molecule has 0 aromatic heterocycles. The van der Waals surface area contributed by atoms with Gasteiger partial charge in [0.2, 0.25) is 10.0 Å². The van der Waals surface area contributed by atoms with Crippen LogP contribution in [0.15, 0.2) is 17.0 Å². The molecule has 2 rings (SSSR count). The zero-order valence-electron chi connectivity index (χ0n) is 12.0. The average molecular weight is 381 g/mol. The standard InChI is InChI=1S/C13H14Cl2N2O5S/c1-6-2-8(6)13(19)22-5-11(18)17-12-9(14)3-7(4-10(12)15)23(16,20)21/h3-4,6,8H,2,5H2,1H3,(H,17,18)(H2,16,20,21)/t6-,8-/m1/s1. The van der Waals surface area contributed by atoms with E-state index >= 15 is 0 Å². The van der Waals surface area contributed by atoms with Gasteiger partial charge in [-0.15, -0.1) is 0 Å². The number of nitrogens with one attached hydrogen (secondary N) is 1. The second-order valence-electron chi connectivity index (χ2n) is 5.28. The average Bonchev–Trinajstić information content (AvgIpc) is 3.16. The normalized spacial score (nSPS) is 20.0. The Kier molecular flexibility index (Phi) is 5.20. The minimum absolute atomic E-state index is 0.0153. The van der Waals surface area contributed by atoms with Crippen LogP contribution in [-0.2, 0) is 24.3 Å². The van der Waals surface area contributed by atoms with Crippen molar-refractivity contribution in [3.8, 4) is 0 Å². The number of ether oxygens (including phenoxy) is 1. The van der Waals surface area contributed by atoms with Crippen LogP contribution < -0.4 is 10.5 Å².